The van der Waals surface area contributed by atoms with Crippen molar-refractivity contribution in [2.24, 2.45) is 0 Å². The van der Waals surface area contributed by atoms with Crippen molar-refractivity contribution in [1.29, 1.82) is 0 Å². The Labute approximate surface area is 102 Å². The summed E-state index contributed by atoms with van der Waals surface area (Å²) in [5, 5.41) is 1.70. The van der Waals surface area contributed by atoms with E-state index in [0.717, 1.165) is 34.2 Å². The van der Waals surface area contributed by atoms with Gasteiger partial charge in [0.2, 0.25) is 0 Å². The van der Waals surface area contributed by atoms with Crippen molar-refractivity contribution in [1.82, 2.24) is 9.97 Å². The van der Waals surface area contributed by atoms with E-state index in [1.165, 1.54) is 0 Å². The van der Waals surface area contributed by atoms with Crippen molar-refractivity contribution in [3.05, 3.63) is 33.6 Å². The van der Waals surface area contributed by atoms with Gasteiger partial charge in [0.15, 0.2) is 0 Å². The van der Waals surface area contributed by atoms with Gasteiger partial charge in [-0.15, -0.1) is 0 Å². The molecule has 2 aromatic rings. The second-order valence-corrected chi connectivity index (χ2v) is 4.53. The van der Waals surface area contributed by atoms with Crippen LogP contribution in [0.1, 0.15) is 19.2 Å². The van der Waals surface area contributed by atoms with Gasteiger partial charge in [-0.2, -0.15) is 0 Å². The number of halogens is 2. The molecule has 0 aliphatic heterocycles. The van der Waals surface area contributed by atoms with Crippen molar-refractivity contribution < 1.29 is 0 Å². The average molecular weight is 286 g/mol. The highest BCUT2D eigenvalue weighted by Gasteiger charge is 2.05. The molecule has 1 aromatic heterocycles. The number of aryl methyl sites for hydroxylation is 1. The van der Waals surface area contributed by atoms with Crippen LogP contribution >= 0.6 is 27.5 Å². The molecule has 0 bridgehead atoms. The fourth-order valence-corrected chi connectivity index (χ4v) is 2.15. The van der Waals surface area contributed by atoms with Gasteiger partial charge < -0.3 is 0 Å². The Kier molecular flexibility index (Phi) is 3.22. The second kappa shape index (κ2) is 4.45. The first kappa shape index (κ1) is 10.8. The number of fused-ring (bicyclic) bond motifs is 1. The highest BCUT2D eigenvalue weighted by Crippen LogP contribution is 2.23. The zero-order valence-corrected chi connectivity index (χ0v) is 10.6. The lowest BCUT2D eigenvalue weighted by Gasteiger charge is -2.03. The van der Waals surface area contributed by atoms with Crippen LogP contribution in [-0.2, 0) is 6.42 Å². The summed E-state index contributed by atoms with van der Waals surface area (Å²) in [7, 11) is 0. The highest BCUT2D eigenvalue weighted by atomic mass is 79.9. The molecule has 0 spiro atoms. The summed E-state index contributed by atoms with van der Waals surface area (Å²) in [6.07, 6.45) is 1.93. The van der Waals surface area contributed by atoms with Crippen LogP contribution in [0, 0.1) is 0 Å². The maximum absolute atomic E-state index is 5.92. The number of hydrogen-bond acceptors (Lipinski definition) is 2. The van der Waals surface area contributed by atoms with E-state index in [0.29, 0.717) is 5.02 Å². The number of aromatic nitrogens is 2. The van der Waals surface area contributed by atoms with Crippen LogP contribution in [-0.4, -0.2) is 9.97 Å². The SMILES string of the molecule is CCCc1nc(Br)c2ccc(Cl)cc2n1. The molecule has 2 rings (SSSR count). The molecule has 15 heavy (non-hydrogen) atoms. The van der Waals surface area contributed by atoms with Gasteiger partial charge >= 0.3 is 0 Å². The molecule has 0 aliphatic carbocycles. The molecule has 1 heterocycles. The third-order valence-corrected chi connectivity index (χ3v) is 2.97. The first-order valence-electron chi connectivity index (χ1n) is 4.82. The van der Waals surface area contributed by atoms with Crippen LogP contribution in [0.5, 0.6) is 0 Å². The maximum atomic E-state index is 5.92. The zero-order valence-electron chi connectivity index (χ0n) is 8.30. The molecule has 0 aliphatic rings. The van der Waals surface area contributed by atoms with Gasteiger partial charge in [0.05, 0.1) is 5.52 Å². The molecule has 2 nitrogen and oxygen atoms in total. The quantitative estimate of drug-likeness (QED) is 0.780. The summed E-state index contributed by atoms with van der Waals surface area (Å²) in [6.45, 7) is 2.11. The topological polar surface area (TPSA) is 25.8 Å². The molecular formula is C11H10BrClN2. The number of hydrogen-bond donors (Lipinski definition) is 0. The Hall–Kier alpha value is -0.670. The van der Waals surface area contributed by atoms with Crippen molar-refractivity contribution in [2.75, 3.05) is 0 Å². The summed E-state index contributed by atoms with van der Waals surface area (Å²) in [5.74, 6) is 0.860. The Balaban J connectivity index is 2.63. The number of benzene rings is 1. The van der Waals surface area contributed by atoms with Crippen LogP contribution in [0.25, 0.3) is 10.9 Å². The second-order valence-electron chi connectivity index (χ2n) is 3.34. The van der Waals surface area contributed by atoms with Crippen molar-refractivity contribution >= 4 is 38.4 Å². The lowest BCUT2D eigenvalue weighted by atomic mass is 10.2. The van der Waals surface area contributed by atoms with Crippen LogP contribution in [0.4, 0.5) is 0 Å². The van der Waals surface area contributed by atoms with E-state index in [-0.39, 0.29) is 0 Å². The van der Waals surface area contributed by atoms with Crippen molar-refractivity contribution in [3.63, 3.8) is 0 Å². The Morgan fingerprint density at radius 1 is 1.33 bits per heavy atom. The lowest BCUT2D eigenvalue weighted by molar-refractivity contribution is 0.840. The first-order valence-corrected chi connectivity index (χ1v) is 5.99. The molecule has 0 saturated carbocycles. The fraction of sp³-hybridized carbons (Fsp3) is 0.273. The summed E-state index contributed by atoms with van der Waals surface area (Å²) in [5.41, 5.74) is 0.896. The molecule has 0 radical (unpaired) electrons. The van der Waals surface area contributed by atoms with Gasteiger partial charge in [0.25, 0.3) is 0 Å². The normalized spacial score (nSPS) is 10.9. The van der Waals surface area contributed by atoms with Crippen LogP contribution in [0.3, 0.4) is 0 Å². The van der Waals surface area contributed by atoms with Crippen LogP contribution in [0.15, 0.2) is 22.8 Å². The van der Waals surface area contributed by atoms with E-state index >= 15 is 0 Å². The van der Waals surface area contributed by atoms with E-state index in [1.54, 1.807) is 0 Å². The van der Waals surface area contributed by atoms with E-state index in [9.17, 15) is 0 Å². The van der Waals surface area contributed by atoms with Gasteiger partial charge in [-0.1, -0.05) is 18.5 Å². The van der Waals surface area contributed by atoms with E-state index in [4.69, 9.17) is 11.6 Å². The van der Waals surface area contributed by atoms with Gasteiger partial charge in [-0.25, -0.2) is 9.97 Å². The molecule has 4 heteroatoms. The van der Waals surface area contributed by atoms with Crippen molar-refractivity contribution in [2.45, 2.75) is 19.8 Å². The minimum Gasteiger partial charge on any atom is -0.233 e. The Bertz CT molecular complexity index is 499. The summed E-state index contributed by atoms with van der Waals surface area (Å²) < 4.78 is 0.840. The minimum atomic E-state index is 0.704. The molecule has 0 amide bonds. The molecule has 0 saturated heterocycles. The maximum Gasteiger partial charge on any atom is 0.130 e. The minimum absolute atomic E-state index is 0.704. The first-order chi connectivity index (χ1) is 7.20. The van der Waals surface area contributed by atoms with E-state index < -0.39 is 0 Å². The lowest BCUT2D eigenvalue weighted by Crippen LogP contribution is -1.96. The predicted octanol–water partition coefficient (Wildman–Crippen LogP) is 4.00. The molecular weight excluding hydrogens is 275 g/mol. The monoisotopic (exact) mass is 284 g/mol. The molecule has 0 fully saturated rings. The van der Waals surface area contributed by atoms with Crippen LogP contribution < -0.4 is 0 Å². The smallest absolute Gasteiger partial charge is 0.130 e. The van der Waals surface area contributed by atoms with Gasteiger partial charge in [-0.3, -0.25) is 0 Å². The van der Waals surface area contributed by atoms with Gasteiger partial charge in [0.1, 0.15) is 10.4 Å². The van der Waals surface area contributed by atoms with Gasteiger partial charge in [0, 0.05) is 16.8 Å². The number of rotatable bonds is 2. The molecule has 0 N–H and O–H groups in total. The summed E-state index contributed by atoms with van der Waals surface area (Å²) >= 11 is 9.37. The predicted molar refractivity (Wildman–Crippen MR) is 66.2 cm³/mol. The zero-order chi connectivity index (χ0) is 10.8. The van der Waals surface area contributed by atoms with Crippen molar-refractivity contribution in [3.8, 4) is 0 Å². The fourth-order valence-electron chi connectivity index (χ4n) is 1.44. The Morgan fingerprint density at radius 3 is 2.87 bits per heavy atom. The molecule has 78 valence electrons. The Morgan fingerprint density at radius 2 is 2.13 bits per heavy atom. The molecule has 1 aromatic carbocycles. The molecule has 0 unspecified atom stereocenters. The van der Waals surface area contributed by atoms with Gasteiger partial charge in [-0.05, 0) is 40.5 Å². The largest absolute Gasteiger partial charge is 0.233 e. The standard InChI is InChI=1S/C11H10BrClN2/c1-2-3-10-14-9-6-7(13)4-5-8(9)11(12)15-10/h4-6H,2-3H2,1H3. The van der Waals surface area contributed by atoms with E-state index in [1.807, 2.05) is 18.2 Å². The third kappa shape index (κ3) is 2.29. The highest BCUT2D eigenvalue weighted by molar-refractivity contribution is 9.10. The van der Waals surface area contributed by atoms with E-state index in [2.05, 4.69) is 32.8 Å². The van der Waals surface area contributed by atoms with Crippen LogP contribution in [0.2, 0.25) is 5.02 Å². The summed E-state index contributed by atoms with van der Waals surface area (Å²) in [4.78, 5) is 8.84. The number of nitrogens with zero attached hydrogens (tertiary/aromatic N) is 2. The molecule has 0 atom stereocenters. The third-order valence-electron chi connectivity index (χ3n) is 2.13. The average Bonchev–Trinajstić information content (AvgIpc) is 2.17. The summed E-state index contributed by atoms with van der Waals surface area (Å²) in [6, 6.07) is 5.64.